The van der Waals surface area contributed by atoms with E-state index in [4.69, 9.17) is 4.98 Å². The van der Waals surface area contributed by atoms with Crippen LogP contribution in [0.5, 0.6) is 0 Å². The van der Waals surface area contributed by atoms with Crippen LogP contribution in [0.3, 0.4) is 0 Å². The number of aliphatic hydroxyl groups excluding tert-OH is 1. The molecule has 1 aromatic carbocycles. The van der Waals surface area contributed by atoms with Crippen molar-refractivity contribution in [1.82, 2.24) is 24.3 Å². The number of unbranched alkanes of at least 4 members (excludes halogenated alkanes) is 1. The third kappa shape index (κ3) is 2.89. The van der Waals surface area contributed by atoms with Gasteiger partial charge in [-0.2, -0.15) is 5.10 Å². The van der Waals surface area contributed by atoms with Crippen LogP contribution < -0.4 is 4.90 Å². The molecule has 1 atom stereocenters. The minimum atomic E-state index is -0.257. The van der Waals surface area contributed by atoms with Crippen molar-refractivity contribution in [3.63, 3.8) is 0 Å². The maximum absolute atomic E-state index is 9.80. The SMILES string of the molecule is CCCCn1ncnc1-c1ccc2c(c1)nc(N1CC[C@H](O)C1)n2C. The van der Waals surface area contributed by atoms with E-state index in [1.54, 1.807) is 6.33 Å². The van der Waals surface area contributed by atoms with Crippen LogP contribution in [0, 0.1) is 0 Å². The van der Waals surface area contributed by atoms with Crippen LogP contribution in [0.25, 0.3) is 22.4 Å². The lowest BCUT2D eigenvalue weighted by molar-refractivity contribution is 0.198. The number of aromatic nitrogens is 5. The molecular formula is C18H24N6O. The lowest BCUT2D eigenvalue weighted by atomic mass is 10.2. The number of nitrogens with zero attached hydrogens (tertiary/aromatic N) is 6. The molecule has 1 fully saturated rings. The number of hydrogen-bond donors (Lipinski definition) is 1. The Labute approximate surface area is 146 Å². The Morgan fingerprint density at radius 3 is 2.96 bits per heavy atom. The van der Waals surface area contributed by atoms with Gasteiger partial charge >= 0.3 is 0 Å². The van der Waals surface area contributed by atoms with E-state index in [1.807, 2.05) is 11.7 Å². The summed E-state index contributed by atoms with van der Waals surface area (Å²) < 4.78 is 4.06. The quantitative estimate of drug-likeness (QED) is 0.771. The molecule has 1 aliphatic rings. The van der Waals surface area contributed by atoms with E-state index in [-0.39, 0.29) is 6.10 Å². The number of benzene rings is 1. The second-order valence-corrected chi connectivity index (χ2v) is 6.72. The molecule has 0 bridgehead atoms. The van der Waals surface area contributed by atoms with E-state index < -0.39 is 0 Å². The lowest BCUT2D eigenvalue weighted by Gasteiger charge is -2.16. The number of aliphatic hydroxyl groups is 1. The van der Waals surface area contributed by atoms with E-state index >= 15 is 0 Å². The van der Waals surface area contributed by atoms with Gasteiger partial charge in [0.1, 0.15) is 6.33 Å². The molecule has 1 aliphatic heterocycles. The predicted molar refractivity (Wildman–Crippen MR) is 97.5 cm³/mol. The summed E-state index contributed by atoms with van der Waals surface area (Å²) in [6, 6.07) is 6.25. The highest BCUT2D eigenvalue weighted by molar-refractivity contribution is 5.83. The average molecular weight is 340 g/mol. The van der Waals surface area contributed by atoms with Gasteiger partial charge in [0, 0.05) is 32.2 Å². The summed E-state index contributed by atoms with van der Waals surface area (Å²) in [4.78, 5) is 11.4. The fraction of sp³-hybridized carbons (Fsp3) is 0.500. The second-order valence-electron chi connectivity index (χ2n) is 6.72. The first-order chi connectivity index (χ1) is 12.2. The van der Waals surface area contributed by atoms with Gasteiger partial charge in [-0.05, 0) is 31.0 Å². The Hall–Kier alpha value is -2.41. The molecule has 3 aromatic rings. The molecule has 1 saturated heterocycles. The van der Waals surface area contributed by atoms with E-state index in [9.17, 15) is 5.11 Å². The maximum atomic E-state index is 9.80. The molecule has 7 nitrogen and oxygen atoms in total. The summed E-state index contributed by atoms with van der Waals surface area (Å²) in [5.41, 5.74) is 3.06. The summed E-state index contributed by atoms with van der Waals surface area (Å²) in [7, 11) is 2.03. The van der Waals surface area contributed by atoms with Crippen LogP contribution in [0.2, 0.25) is 0 Å². The van der Waals surface area contributed by atoms with Crippen molar-refractivity contribution < 1.29 is 5.11 Å². The fourth-order valence-corrected chi connectivity index (χ4v) is 3.49. The topological polar surface area (TPSA) is 72.0 Å². The zero-order valence-corrected chi connectivity index (χ0v) is 14.8. The van der Waals surface area contributed by atoms with Gasteiger partial charge in [-0.25, -0.2) is 14.6 Å². The first-order valence-electron chi connectivity index (χ1n) is 8.95. The van der Waals surface area contributed by atoms with Crippen LogP contribution in [-0.4, -0.2) is 48.6 Å². The van der Waals surface area contributed by atoms with Crippen molar-refractivity contribution in [2.45, 2.75) is 38.8 Å². The van der Waals surface area contributed by atoms with Crippen molar-refractivity contribution in [2.24, 2.45) is 7.05 Å². The van der Waals surface area contributed by atoms with Gasteiger partial charge < -0.3 is 14.6 Å². The third-order valence-electron chi connectivity index (χ3n) is 4.90. The summed E-state index contributed by atoms with van der Waals surface area (Å²) in [6.45, 7) is 4.54. The van der Waals surface area contributed by atoms with Crippen molar-refractivity contribution in [1.29, 1.82) is 0 Å². The van der Waals surface area contributed by atoms with Gasteiger partial charge in [0.05, 0.1) is 17.1 Å². The highest BCUT2D eigenvalue weighted by Crippen LogP contribution is 2.28. The van der Waals surface area contributed by atoms with Gasteiger partial charge in [0.15, 0.2) is 5.82 Å². The maximum Gasteiger partial charge on any atom is 0.206 e. The molecule has 0 spiro atoms. The Morgan fingerprint density at radius 1 is 1.32 bits per heavy atom. The molecule has 132 valence electrons. The first kappa shape index (κ1) is 16.1. The Kier molecular flexibility index (Phi) is 4.17. The van der Waals surface area contributed by atoms with Crippen LogP contribution in [0.4, 0.5) is 5.95 Å². The summed E-state index contributed by atoms with van der Waals surface area (Å²) >= 11 is 0. The average Bonchev–Trinajstić information content (AvgIpc) is 3.32. The van der Waals surface area contributed by atoms with E-state index in [1.165, 1.54) is 0 Å². The molecule has 4 rings (SSSR count). The minimum Gasteiger partial charge on any atom is -0.391 e. The van der Waals surface area contributed by atoms with Crippen molar-refractivity contribution in [3.05, 3.63) is 24.5 Å². The number of fused-ring (bicyclic) bond motifs is 1. The molecule has 2 aromatic heterocycles. The normalized spacial score (nSPS) is 17.7. The molecular weight excluding hydrogens is 316 g/mol. The smallest absolute Gasteiger partial charge is 0.206 e. The number of anilines is 1. The molecule has 7 heteroatoms. The van der Waals surface area contributed by atoms with Gasteiger partial charge in [0.2, 0.25) is 5.95 Å². The van der Waals surface area contributed by atoms with Gasteiger partial charge in [0.25, 0.3) is 0 Å². The molecule has 0 amide bonds. The van der Waals surface area contributed by atoms with Crippen molar-refractivity contribution >= 4 is 17.0 Å². The van der Waals surface area contributed by atoms with Gasteiger partial charge in [-0.15, -0.1) is 0 Å². The summed E-state index contributed by atoms with van der Waals surface area (Å²) in [6.07, 6.45) is 4.37. The van der Waals surface area contributed by atoms with E-state index in [2.05, 4.69) is 44.7 Å². The van der Waals surface area contributed by atoms with Crippen LogP contribution in [0.15, 0.2) is 24.5 Å². The Morgan fingerprint density at radius 2 is 2.20 bits per heavy atom. The van der Waals surface area contributed by atoms with E-state index in [0.29, 0.717) is 6.54 Å². The second kappa shape index (κ2) is 6.48. The molecule has 0 saturated carbocycles. The number of β-amino-alcohol motifs (C(OH)–C–C–N with tert-alkyl or cyclic N) is 1. The van der Waals surface area contributed by atoms with Crippen LogP contribution >= 0.6 is 0 Å². The standard InChI is InChI=1S/C18H24N6O/c1-3-4-8-24-17(19-12-20-24)13-5-6-16-15(10-13)21-18(22(16)2)23-9-7-14(25)11-23/h5-6,10,12,14,25H,3-4,7-9,11H2,1-2H3/t14-/m0/s1. The van der Waals surface area contributed by atoms with Crippen molar-refractivity contribution in [3.8, 4) is 11.4 Å². The molecule has 1 N–H and O–H groups in total. The zero-order chi connectivity index (χ0) is 17.4. The zero-order valence-electron chi connectivity index (χ0n) is 14.8. The van der Waals surface area contributed by atoms with Crippen molar-refractivity contribution in [2.75, 3.05) is 18.0 Å². The third-order valence-corrected chi connectivity index (χ3v) is 4.90. The number of aryl methyl sites for hydroxylation is 2. The number of rotatable bonds is 5. The van der Waals surface area contributed by atoms with Gasteiger partial charge in [-0.3, -0.25) is 0 Å². The predicted octanol–water partition coefficient (Wildman–Crippen LogP) is 2.20. The number of imidazole rings is 1. The molecule has 3 heterocycles. The van der Waals surface area contributed by atoms with Gasteiger partial charge in [-0.1, -0.05) is 13.3 Å². The number of hydrogen-bond acceptors (Lipinski definition) is 5. The molecule has 0 radical (unpaired) electrons. The van der Waals surface area contributed by atoms with Crippen LogP contribution in [-0.2, 0) is 13.6 Å². The monoisotopic (exact) mass is 340 g/mol. The first-order valence-corrected chi connectivity index (χ1v) is 8.95. The highest BCUT2D eigenvalue weighted by atomic mass is 16.3. The molecule has 25 heavy (non-hydrogen) atoms. The fourth-order valence-electron chi connectivity index (χ4n) is 3.49. The Bertz CT molecular complexity index is 883. The Balaban J connectivity index is 1.70. The summed E-state index contributed by atoms with van der Waals surface area (Å²) in [5.74, 6) is 1.80. The summed E-state index contributed by atoms with van der Waals surface area (Å²) in [5, 5.41) is 14.1. The molecule has 0 unspecified atom stereocenters. The van der Waals surface area contributed by atoms with E-state index in [0.717, 1.165) is 60.7 Å². The lowest BCUT2D eigenvalue weighted by Crippen LogP contribution is -2.24. The molecule has 0 aliphatic carbocycles. The minimum absolute atomic E-state index is 0.257. The van der Waals surface area contributed by atoms with Crippen LogP contribution in [0.1, 0.15) is 26.2 Å². The largest absolute Gasteiger partial charge is 0.391 e. The highest BCUT2D eigenvalue weighted by Gasteiger charge is 2.24.